The van der Waals surface area contributed by atoms with Gasteiger partial charge in [0.25, 0.3) is 0 Å². The molecule has 2 aliphatic rings. The smallest absolute Gasteiger partial charge is 0.214 e. The number of fused-ring (bicyclic) bond motifs is 2. The molecule has 1 heterocycles. The lowest BCUT2D eigenvalue weighted by Crippen LogP contribution is -2.40. The summed E-state index contributed by atoms with van der Waals surface area (Å²) in [6.07, 6.45) is 6.52. The quantitative estimate of drug-likeness (QED) is 0.563. The molecule has 0 amide bonds. The second kappa shape index (κ2) is 4.07. The van der Waals surface area contributed by atoms with Crippen LogP contribution in [0.1, 0.15) is 44.2 Å². The van der Waals surface area contributed by atoms with Crippen molar-refractivity contribution in [3.05, 3.63) is 29.8 Å². The van der Waals surface area contributed by atoms with Crippen LogP contribution in [0.4, 0.5) is 4.39 Å². The predicted octanol–water partition coefficient (Wildman–Crippen LogP) is 2.62. The van der Waals surface area contributed by atoms with E-state index in [-0.39, 0.29) is 11.0 Å². The van der Waals surface area contributed by atoms with Crippen molar-refractivity contribution in [2.75, 3.05) is 0 Å². The lowest BCUT2D eigenvalue weighted by atomic mass is 9.74. The van der Waals surface area contributed by atoms with Crippen LogP contribution in [-0.4, -0.2) is 10.5 Å². The van der Waals surface area contributed by atoms with Crippen LogP contribution >= 0.6 is 0 Å². The molecule has 0 saturated heterocycles. The van der Waals surface area contributed by atoms with E-state index in [0.29, 0.717) is 5.69 Å². The SMILES string of the molecule is N[C@]12CCC[C@](C#Cc3cccc(F)n3)(CC1)C2. The summed E-state index contributed by atoms with van der Waals surface area (Å²) in [6, 6.07) is 4.73. The fourth-order valence-corrected chi connectivity index (χ4v) is 3.39. The lowest BCUT2D eigenvalue weighted by molar-refractivity contribution is 0.257. The standard InChI is InChI=1S/C15H17FN2/c16-13-4-1-3-12(18-13)5-8-14-6-2-7-15(17,11-14)10-9-14/h1,3-4H,2,6-7,9-11,17H2/t14-,15+/m0/s1. The van der Waals surface area contributed by atoms with Crippen LogP contribution in [0.25, 0.3) is 0 Å². The third kappa shape index (κ3) is 2.13. The van der Waals surface area contributed by atoms with E-state index in [2.05, 4.69) is 16.8 Å². The van der Waals surface area contributed by atoms with Crippen LogP contribution in [0.2, 0.25) is 0 Å². The molecule has 1 aromatic heterocycles. The van der Waals surface area contributed by atoms with Gasteiger partial charge >= 0.3 is 0 Å². The zero-order chi connectivity index (χ0) is 12.6. The molecular weight excluding hydrogens is 227 g/mol. The Balaban J connectivity index is 1.85. The second-order valence-corrected chi connectivity index (χ2v) is 5.77. The summed E-state index contributed by atoms with van der Waals surface area (Å²) >= 11 is 0. The van der Waals surface area contributed by atoms with Gasteiger partial charge in [0.05, 0.1) is 0 Å². The summed E-state index contributed by atoms with van der Waals surface area (Å²) in [5.74, 6) is 5.90. The van der Waals surface area contributed by atoms with E-state index >= 15 is 0 Å². The average Bonchev–Trinajstić information content (AvgIpc) is 2.58. The third-order valence-electron chi connectivity index (χ3n) is 4.29. The summed E-state index contributed by atoms with van der Waals surface area (Å²) in [5.41, 5.74) is 6.91. The van der Waals surface area contributed by atoms with Gasteiger partial charge in [-0.1, -0.05) is 18.4 Å². The molecule has 2 N–H and O–H groups in total. The van der Waals surface area contributed by atoms with E-state index in [1.54, 1.807) is 12.1 Å². The topological polar surface area (TPSA) is 38.9 Å². The van der Waals surface area contributed by atoms with Gasteiger partial charge in [-0.3, -0.25) is 0 Å². The molecule has 0 spiro atoms. The Hall–Kier alpha value is -1.40. The molecule has 2 nitrogen and oxygen atoms in total. The molecule has 0 aliphatic heterocycles. The minimum atomic E-state index is -0.470. The first kappa shape index (κ1) is 11.7. The van der Waals surface area contributed by atoms with Crippen molar-refractivity contribution >= 4 is 0 Å². The highest BCUT2D eigenvalue weighted by atomic mass is 19.1. The number of pyridine rings is 1. The predicted molar refractivity (Wildman–Crippen MR) is 68.1 cm³/mol. The van der Waals surface area contributed by atoms with Crippen molar-refractivity contribution in [3.63, 3.8) is 0 Å². The second-order valence-electron chi connectivity index (χ2n) is 5.77. The van der Waals surface area contributed by atoms with Crippen molar-refractivity contribution in [2.24, 2.45) is 11.1 Å². The number of nitrogens with two attached hydrogens (primary N) is 1. The molecule has 1 aromatic rings. The number of nitrogens with zero attached hydrogens (tertiary/aromatic N) is 1. The van der Waals surface area contributed by atoms with Crippen molar-refractivity contribution in [1.82, 2.24) is 4.98 Å². The van der Waals surface area contributed by atoms with Gasteiger partial charge in [-0.05, 0) is 50.2 Å². The molecule has 2 bridgehead atoms. The molecule has 0 radical (unpaired) electrons. The molecule has 3 heteroatoms. The summed E-state index contributed by atoms with van der Waals surface area (Å²) in [5, 5.41) is 0. The van der Waals surface area contributed by atoms with E-state index in [0.717, 1.165) is 38.5 Å². The molecule has 18 heavy (non-hydrogen) atoms. The first-order chi connectivity index (χ1) is 8.59. The van der Waals surface area contributed by atoms with Crippen molar-refractivity contribution in [1.29, 1.82) is 0 Å². The molecule has 2 saturated carbocycles. The summed E-state index contributed by atoms with van der Waals surface area (Å²) in [7, 11) is 0. The molecule has 2 aliphatic carbocycles. The monoisotopic (exact) mass is 244 g/mol. The van der Waals surface area contributed by atoms with Gasteiger partial charge < -0.3 is 5.73 Å². The minimum absolute atomic E-state index is 0.00228. The van der Waals surface area contributed by atoms with Gasteiger partial charge in [0.2, 0.25) is 5.95 Å². The summed E-state index contributed by atoms with van der Waals surface area (Å²) in [4.78, 5) is 3.78. The highest BCUT2D eigenvalue weighted by Crippen LogP contribution is 2.52. The number of rotatable bonds is 0. The van der Waals surface area contributed by atoms with Crippen LogP contribution in [-0.2, 0) is 0 Å². The highest BCUT2D eigenvalue weighted by molar-refractivity contribution is 5.31. The maximum atomic E-state index is 13.0. The van der Waals surface area contributed by atoms with Crippen molar-refractivity contribution in [3.8, 4) is 11.8 Å². The Morgan fingerprint density at radius 3 is 2.94 bits per heavy atom. The summed E-state index contributed by atoms with van der Waals surface area (Å²) in [6.45, 7) is 0. The largest absolute Gasteiger partial charge is 0.325 e. The molecule has 2 fully saturated rings. The number of hydrogen-bond donors (Lipinski definition) is 1. The maximum Gasteiger partial charge on any atom is 0.214 e. The van der Waals surface area contributed by atoms with Gasteiger partial charge in [0, 0.05) is 11.0 Å². The Bertz CT molecular complexity index is 531. The zero-order valence-electron chi connectivity index (χ0n) is 10.4. The Labute approximate surface area is 107 Å². The third-order valence-corrected chi connectivity index (χ3v) is 4.29. The fraction of sp³-hybridized carbons (Fsp3) is 0.533. The first-order valence-electron chi connectivity index (χ1n) is 6.54. The Morgan fingerprint density at radius 1 is 1.22 bits per heavy atom. The molecule has 3 rings (SSSR count). The average molecular weight is 244 g/mol. The molecule has 0 aromatic carbocycles. The fourth-order valence-electron chi connectivity index (χ4n) is 3.39. The van der Waals surface area contributed by atoms with E-state index in [1.165, 1.54) is 6.07 Å². The minimum Gasteiger partial charge on any atom is -0.325 e. The van der Waals surface area contributed by atoms with Crippen molar-refractivity contribution in [2.45, 2.75) is 44.1 Å². The Morgan fingerprint density at radius 2 is 2.11 bits per heavy atom. The van der Waals surface area contributed by atoms with Gasteiger partial charge in [0.1, 0.15) is 5.69 Å². The van der Waals surface area contributed by atoms with Crippen LogP contribution in [0.3, 0.4) is 0 Å². The molecule has 94 valence electrons. The van der Waals surface area contributed by atoms with Crippen LogP contribution in [0.15, 0.2) is 18.2 Å². The van der Waals surface area contributed by atoms with E-state index in [1.807, 2.05) is 0 Å². The Kier molecular flexibility index (Phi) is 2.64. The van der Waals surface area contributed by atoms with Crippen LogP contribution in [0.5, 0.6) is 0 Å². The van der Waals surface area contributed by atoms with E-state index in [4.69, 9.17) is 5.73 Å². The molecule has 0 unspecified atom stereocenters. The normalized spacial score (nSPS) is 33.9. The summed E-state index contributed by atoms with van der Waals surface area (Å²) < 4.78 is 13.0. The number of halogens is 1. The van der Waals surface area contributed by atoms with Crippen molar-refractivity contribution < 1.29 is 4.39 Å². The first-order valence-corrected chi connectivity index (χ1v) is 6.54. The number of aromatic nitrogens is 1. The molecular formula is C15H17FN2. The van der Waals surface area contributed by atoms with Gasteiger partial charge in [-0.2, -0.15) is 4.39 Å². The number of hydrogen-bond acceptors (Lipinski definition) is 2. The van der Waals surface area contributed by atoms with Gasteiger partial charge in [-0.15, -0.1) is 0 Å². The lowest BCUT2D eigenvalue weighted by Gasteiger charge is -2.33. The van der Waals surface area contributed by atoms with E-state index in [9.17, 15) is 4.39 Å². The molecule has 2 atom stereocenters. The zero-order valence-corrected chi connectivity index (χ0v) is 10.4. The van der Waals surface area contributed by atoms with Gasteiger partial charge in [0.15, 0.2) is 0 Å². The maximum absolute atomic E-state index is 13.0. The van der Waals surface area contributed by atoms with Crippen LogP contribution < -0.4 is 5.73 Å². The highest BCUT2D eigenvalue weighted by Gasteiger charge is 2.48. The van der Waals surface area contributed by atoms with E-state index < -0.39 is 5.95 Å². The van der Waals surface area contributed by atoms with Gasteiger partial charge in [-0.25, -0.2) is 4.98 Å². The van der Waals surface area contributed by atoms with Crippen LogP contribution in [0, 0.1) is 23.2 Å².